The van der Waals surface area contributed by atoms with Crippen LogP contribution in [0, 0.1) is 6.92 Å². The molecular formula is C23H25NO2. The fourth-order valence-electron chi connectivity index (χ4n) is 2.77. The number of rotatable bonds is 8. The monoisotopic (exact) mass is 347 g/mol. The summed E-state index contributed by atoms with van der Waals surface area (Å²) in [6, 6.07) is 24.8. The van der Waals surface area contributed by atoms with Gasteiger partial charge in [-0.15, -0.1) is 0 Å². The Balaban J connectivity index is 1.45. The maximum atomic E-state index is 5.87. The first-order valence-corrected chi connectivity index (χ1v) is 8.84. The quantitative estimate of drug-likeness (QED) is 0.630. The molecule has 0 atom stereocenters. The van der Waals surface area contributed by atoms with Crippen LogP contribution in [-0.2, 0) is 19.7 Å². The van der Waals surface area contributed by atoms with Crippen molar-refractivity contribution in [2.45, 2.75) is 26.6 Å². The molecule has 0 heterocycles. The Hall–Kier alpha value is -2.78. The van der Waals surface area contributed by atoms with E-state index in [1.54, 1.807) is 7.11 Å². The molecule has 0 aliphatic carbocycles. The van der Waals surface area contributed by atoms with Gasteiger partial charge in [0.15, 0.2) is 0 Å². The van der Waals surface area contributed by atoms with Crippen molar-refractivity contribution in [2.75, 3.05) is 7.11 Å². The van der Waals surface area contributed by atoms with Gasteiger partial charge >= 0.3 is 0 Å². The van der Waals surface area contributed by atoms with E-state index in [2.05, 4.69) is 60.8 Å². The maximum absolute atomic E-state index is 5.87. The highest BCUT2D eigenvalue weighted by molar-refractivity contribution is 5.29. The van der Waals surface area contributed by atoms with Crippen LogP contribution in [0.25, 0.3) is 0 Å². The molecule has 0 bridgehead atoms. The molecule has 0 unspecified atom stereocenters. The van der Waals surface area contributed by atoms with Crippen LogP contribution in [0.1, 0.15) is 22.3 Å². The topological polar surface area (TPSA) is 30.5 Å². The first-order valence-electron chi connectivity index (χ1n) is 8.84. The zero-order valence-electron chi connectivity index (χ0n) is 15.4. The average molecular weight is 347 g/mol. The summed E-state index contributed by atoms with van der Waals surface area (Å²) in [5.41, 5.74) is 4.92. The Bertz CT molecular complexity index is 810. The fourth-order valence-corrected chi connectivity index (χ4v) is 2.77. The Labute approximate surface area is 155 Å². The first-order chi connectivity index (χ1) is 12.7. The standard InChI is InChI=1S/C23H25NO2/c1-18-4-3-5-21(14-18)17-26-23-12-8-20(9-13-23)16-24-15-19-6-10-22(25-2)11-7-19/h3-14,24H,15-17H2,1-2H3. The van der Waals surface area contributed by atoms with Gasteiger partial charge in [0.25, 0.3) is 0 Å². The van der Waals surface area contributed by atoms with E-state index in [-0.39, 0.29) is 0 Å². The summed E-state index contributed by atoms with van der Waals surface area (Å²) in [5.74, 6) is 1.78. The summed E-state index contributed by atoms with van der Waals surface area (Å²) in [4.78, 5) is 0. The molecule has 3 nitrogen and oxygen atoms in total. The molecule has 0 amide bonds. The van der Waals surface area contributed by atoms with E-state index in [0.717, 1.165) is 24.6 Å². The number of nitrogens with one attached hydrogen (secondary N) is 1. The maximum Gasteiger partial charge on any atom is 0.119 e. The van der Waals surface area contributed by atoms with Gasteiger partial charge in [0.2, 0.25) is 0 Å². The predicted molar refractivity (Wildman–Crippen MR) is 105 cm³/mol. The molecule has 0 saturated carbocycles. The Morgan fingerprint density at radius 1 is 0.731 bits per heavy atom. The summed E-state index contributed by atoms with van der Waals surface area (Å²) >= 11 is 0. The number of methoxy groups -OCH3 is 1. The second-order valence-electron chi connectivity index (χ2n) is 6.37. The summed E-state index contributed by atoms with van der Waals surface area (Å²) in [6.45, 7) is 4.34. The van der Waals surface area contributed by atoms with Crippen molar-refractivity contribution in [2.24, 2.45) is 0 Å². The van der Waals surface area contributed by atoms with Crippen LogP contribution in [-0.4, -0.2) is 7.11 Å². The average Bonchev–Trinajstić information content (AvgIpc) is 2.68. The highest BCUT2D eigenvalue weighted by Gasteiger charge is 1.99. The van der Waals surface area contributed by atoms with Crippen LogP contribution in [0.15, 0.2) is 72.8 Å². The van der Waals surface area contributed by atoms with E-state index in [1.807, 2.05) is 24.3 Å². The molecular weight excluding hydrogens is 322 g/mol. The summed E-state index contributed by atoms with van der Waals surface area (Å²) in [7, 11) is 1.68. The Morgan fingerprint density at radius 3 is 1.92 bits per heavy atom. The molecule has 0 saturated heterocycles. The SMILES string of the molecule is COc1ccc(CNCc2ccc(OCc3cccc(C)c3)cc2)cc1. The highest BCUT2D eigenvalue weighted by Crippen LogP contribution is 2.15. The summed E-state index contributed by atoms with van der Waals surface area (Å²) in [5, 5.41) is 3.46. The van der Waals surface area contributed by atoms with E-state index in [9.17, 15) is 0 Å². The number of aryl methyl sites for hydroxylation is 1. The molecule has 3 heteroatoms. The zero-order valence-corrected chi connectivity index (χ0v) is 15.4. The lowest BCUT2D eigenvalue weighted by molar-refractivity contribution is 0.306. The van der Waals surface area contributed by atoms with Gasteiger partial charge in [0, 0.05) is 13.1 Å². The number of ether oxygens (including phenoxy) is 2. The number of hydrogen-bond donors (Lipinski definition) is 1. The van der Waals surface area contributed by atoms with Crippen molar-refractivity contribution >= 4 is 0 Å². The van der Waals surface area contributed by atoms with E-state index in [4.69, 9.17) is 9.47 Å². The summed E-state index contributed by atoms with van der Waals surface area (Å²) < 4.78 is 11.0. The number of benzene rings is 3. The van der Waals surface area contributed by atoms with E-state index in [0.29, 0.717) is 6.61 Å². The van der Waals surface area contributed by atoms with Gasteiger partial charge in [-0.3, -0.25) is 0 Å². The lowest BCUT2D eigenvalue weighted by Gasteiger charge is -2.09. The van der Waals surface area contributed by atoms with E-state index >= 15 is 0 Å². The molecule has 3 rings (SSSR count). The van der Waals surface area contributed by atoms with Gasteiger partial charge in [0.05, 0.1) is 7.11 Å². The van der Waals surface area contributed by atoms with Crippen LogP contribution in [0.3, 0.4) is 0 Å². The molecule has 0 fully saturated rings. The zero-order chi connectivity index (χ0) is 18.2. The largest absolute Gasteiger partial charge is 0.497 e. The minimum absolute atomic E-state index is 0.594. The van der Waals surface area contributed by atoms with Crippen LogP contribution in [0.4, 0.5) is 0 Å². The van der Waals surface area contributed by atoms with Crippen molar-refractivity contribution in [1.29, 1.82) is 0 Å². The van der Waals surface area contributed by atoms with E-state index < -0.39 is 0 Å². The van der Waals surface area contributed by atoms with Crippen molar-refractivity contribution in [3.05, 3.63) is 95.1 Å². The van der Waals surface area contributed by atoms with Crippen LogP contribution >= 0.6 is 0 Å². The Morgan fingerprint density at radius 2 is 1.35 bits per heavy atom. The molecule has 0 spiro atoms. The minimum atomic E-state index is 0.594. The normalized spacial score (nSPS) is 10.5. The van der Waals surface area contributed by atoms with Gasteiger partial charge in [-0.1, -0.05) is 54.1 Å². The molecule has 0 radical (unpaired) electrons. The lowest BCUT2D eigenvalue weighted by atomic mass is 10.1. The van der Waals surface area contributed by atoms with Crippen LogP contribution < -0.4 is 14.8 Å². The predicted octanol–water partition coefficient (Wildman–Crippen LogP) is 4.87. The molecule has 3 aromatic rings. The Kier molecular flexibility index (Phi) is 6.29. The van der Waals surface area contributed by atoms with Gasteiger partial charge in [-0.25, -0.2) is 0 Å². The van der Waals surface area contributed by atoms with E-state index in [1.165, 1.54) is 22.3 Å². The molecule has 1 N–H and O–H groups in total. The second kappa shape index (κ2) is 9.07. The van der Waals surface area contributed by atoms with Crippen molar-refractivity contribution < 1.29 is 9.47 Å². The molecule has 0 aliphatic heterocycles. The summed E-state index contributed by atoms with van der Waals surface area (Å²) in [6.07, 6.45) is 0. The smallest absolute Gasteiger partial charge is 0.119 e. The fraction of sp³-hybridized carbons (Fsp3) is 0.217. The van der Waals surface area contributed by atoms with Gasteiger partial charge in [-0.2, -0.15) is 0 Å². The van der Waals surface area contributed by atoms with Crippen molar-refractivity contribution in [3.63, 3.8) is 0 Å². The van der Waals surface area contributed by atoms with Crippen LogP contribution in [0.2, 0.25) is 0 Å². The van der Waals surface area contributed by atoms with Crippen molar-refractivity contribution in [3.8, 4) is 11.5 Å². The third-order valence-corrected chi connectivity index (χ3v) is 4.23. The van der Waals surface area contributed by atoms with Gasteiger partial charge < -0.3 is 14.8 Å². The second-order valence-corrected chi connectivity index (χ2v) is 6.37. The van der Waals surface area contributed by atoms with Gasteiger partial charge in [0.1, 0.15) is 18.1 Å². The highest BCUT2D eigenvalue weighted by atomic mass is 16.5. The minimum Gasteiger partial charge on any atom is -0.497 e. The van der Waals surface area contributed by atoms with Crippen molar-refractivity contribution in [1.82, 2.24) is 5.32 Å². The van der Waals surface area contributed by atoms with Crippen LogP contribution in [0.5, 0.6) is 11.5 Å². The molecule has 0 aliphatic rings. The lowest BCUT2D eigenvalue weighted by Crippen LogP contribution is -2.12. The molecule has 134 valence electrons. The molecule has 0 aromatic heterocycles. The molecule has 26 heavy (non-hydrogen) atoms. The first kappa shape index (κ1) is 18.0. The third-order valence-electron chi connectivity index (χ3n) is 4.23. The third kappa shape index (κ3) is 5.36. The molecule has 3 aromatic carbocycles. The number of hydrogen-bond acceptors (Lipinski definition) is 3. The van der Waals surface area contributed by atoms with Gasteiger partial charge in [-0.05, 0) is 47.9 Å².